The zero-order valence-corrected chi connectivity index (χ0v) is 14.4. The van der Waals surface area contributed by atoms with Gasteiger partial charge in [-0.2, -0.15) is 36.4 Å². The number of aliphatic hydroxyl groups excluding tert-OH is 1. The zero-order valence-electron chi connectivity index (χ0n) is 11.2. The van der Waals surface area contributed by atoms with Gasteiger partial charge in [0.1, 0.15) is 0 Å². The SMILES string of the molecule is OCc1ccccc1.[Cl-].[Zr+3].c1cc[cH-]c1.c1cc[cH-]c1. The van der Waals surface area contributed by atoms with Gasteiger partial charge in [-0.25, -0.2) is 24.3 Å². The molecule has 0 heterocycles. The van der Waals surface area contributed by atoms with Crippen molar-refractivity contribution in [3.63, 3.8) is 0 Å². The van der Waals surface area contributed by atoms with Crippen molar-refractivity contribution in [1.29, 1.82) is 0 Å². The van der Waals surface area contributed by atoms with Crippen molar-refractivity contribution in [1.82, 2.24) is 0 Å². The van der Waals surface area contributed by atoms with E-state index < -0.39 is 0 Å². The van der Waals surface area contributed by atoms with E-state index in [9.17, 15) is 0 Å². The van der Waals surface area contributed by atoms with E-state index in [1.165, 1.54) is 0 Å². The number of aliphatic hydroxyl groups is 1. The molecule has 0 saturated heterocycles. The fraction of sp³-hybridized carbons (Fsp3) is 0.0588. The Morgan fingerprint density at radius 2 is 1.10 bits per heavy atom. The second-order valence-electron chi connectivity index (χ2n) is 3.57. The quantitative estimate of drug-likeness (QED) is 0.638. The van der Waals surface area contributed by atoms with Crippen molar-refractivity contribution in [2.24, 2.45) is 0 Å². The van der Waals surface area contributed by atoms with Crippen molar-refractivity contribution in [3.8, 4) is 0 Å². The largest absolute Gasteiger partial charge is 3.00 e. The molecule has 3 rings (SSSR count). The monoisotopic (exact) mass is 363 g/mol. The van der Waals surface area contributed by atoms with Crippen LogP contribution >= 0.6 is 0 Å². The van der Waals surface area contributed by atoms with Gasteiger partial charge in [-0.15, -0.1) is 0 Å². The number of benzene rings is 1. The van der Waals surface area contributed by atoms with E-state index in [0.29, 0.717) is 0 Å². The Bertz CT molecular complexity index is 388. The molecule has 20 heavy (non-hydrogen) atoms. The van der Waals surface area contributed by atoms with Crippen LogP contribution in [0.15, 0.2) is 91.0 Å². The van der Waals surface area contributed by atoms with Crippen LogP contribution in [-0.2, 0) is 32.8 Å². The van der Waals surface area contributed by atoms with Gasteiger partial charge < -0.3 is 17.5 Å². The first-order chi connectivity index (χ1) is 8.93. The third-order valence-electron chi connectivity index (χ3n) is 2.14. The summed E-state index contributed by atoms with van der Waals surface area (Å²) in [5, 5.41) is 8.54. The average Bonchev–Trinajstić information content (AvgIpc) is 3.17. The Hall–Kier alpha value is -0.947. The van der Waals surface area contributed by atoms with Gasteiger partial charge >= 0.3 is 26.2 Å². The molecule has 0 aromatic heterocycles. The van der Waals surface area contributed by atoms with Crippen molar-refractivity contribution in [2.75, 3.05) is 0 Å². The average molecular weight is 365 g/mol. The van der Waals surface area contributed by atoms with Crippen LogP contribution < -0.4 is 12.4 Å². The molecular formula is C17H18ClOZr. The van der Waals surface area contributed by atoms with Gasteiger partial charge in [0, 0.05) is 0 Å². The summed E-state index contributed by atoms with van der Waals surface area (Å²) >= 11 is 0. The van der Waals surface area contributed by atoms with Gasteiger partial charge in [0.2, 0.25) is 0 Å². The van der Waals surface area contributed by atoms with Crippen LogP contribution in [0.4, 0.5) is 0 Å². The normalized spacial score (nSPS) is 7.65. The fourth-order valence-electron chi connectivity index (χ4n) is 1.22. The molecule has 0 aliphatic carbocycles. The van der Waals surface area contributed by atoms with Gasteiger partial charge in [-0.05, 0) is 5.56 Å². The molecule has 0 amide bonds. The topological polar surface area (TPSA) is 20.2 Å². The van der Waals surface area contributed by atoms with Gasteiger partial charge in [-0.3, -0.25) is 0 Å². The van der Waals surface area contributed by atoms with Gasteiger partial charge in [0.25, 0.3) is 0 Å². The third kappa shape index (κ3) is 12.1. The maximum absolute atomic E-state index is 8.54. The second-order valence-corrected chi connectivity index (χ2v) is 3.57. The predicted octanol–water partition coefficient (Wildman–Crippen LogP) is 0.991. The smallest absolute Gasteiger partial charge is 1.00 e. The molecule has 0 unspecified atom stereocenters. The van der Waals surface area contributed by atoms with E-state index in [0.717, 1.165) is 5.56 Å². The Morgan fingerprint density at radius 1 is 0.700 bits per heavy atom. The summed E-state index contributed by atoms with van der Waals surface area (Å²) in [6, 6.07) is 29.5. The van der Waals surface area contributed by atoms with Gasteiger partial charge in [0.05, 0.1) is 6.61 Å². The number of rotatable bonds is 1. The maximum Gasteiger partial charge on any atom is 3.00 e. The Labute approximate surface area is 146 Å². The molecule has 103 valence electrons. The van der Waals surface area contributed by atoms with Crippen LogP contribution in [0.3, 0.4) is 0 Å². The zero-order chi connectivity index (χ0) is 12.9. The molecule has 0 fully saturated rings. The van der Waals surface area contributed by atoms with Crippen molar-refractivity contribution in [3.05, 3.63) is 96.6 Å². The van der Waals surface area contributed by atoms with E-state index >= 15 is 0 Å². The molecule has 0 aliphatic rings. The van der Waals surface area contributed by atoms with E-state index in [2.05, 4.69) is 0 Å². The molecule has 0 atom stereocenters. The summed E-state index contributed by atoms with van der Waals surface area (Å²) in [6.45, 7) is 0.140. The van der Waals surface area contributed by atoms with E-state index in [1.807, 2.05) is 91.0 Å². The van der Waals surface area contributed by atoms with E-state index in [-0.39, 0.29) is 45.2 Å². The Kier molecular flexibility index (Phi) is 17.2. The van der Waals surface area contributed by atoms with Crippen molar-refractivity contribution < 1.29 is 43.7 Å². The van der Waals surface area contributed by atoms with Crippen LogP contribution in [0.25, 0.3) is 0 Å². The Morgan fingerprint density at radius 3 is 1.30 bits per heavy atom. The molecule has 0 saturated carbocycles. The van der Waals surface area contributed by atoms with Gasteiger partial charge in [-0.1, -0.05) is 30.3 Å². The van der Waals surface area contributed by atoms with Crippen LogP contribution in [0, 0.1) is 0 Å². The standard InChI is InChI=1S/C7H8O.2C5H5.ClH.Zr/c8-6-7-4-2-1-3-5-7;2*1-2-4-5-3-1;;/h1-5,8H,6H2;2*1-5H;1H;/q;2*-1;;+3/p-1. The number of hydrogen-bond donors (Lipinski definition) is 1. The minimum atomic E-state index is 0. The van der Waals surface area contributed by atoms with Crippen molar-refractivity contribution >= 4 is 0 Å². The summed E-state index contributed by atoms with van der Waals surface area (Å²) in [5.74, 6) is 0. The predicted molar refractivity (Wildman–Crippen MR) is 76.4 cm³/mol. The maximum atomic E-state index is 8.54. The first-order valence-electron chi connectivity index (χ1n) is 5.91. The molecule has 0 bridgehead atoms. The summed E-state index contributed by atoms with van der Waals surface area (Å²) in [6.07, 6.45) is 0. The fourth-order valence-corrected chi connectivity index (χ4v) is 1.22. The summed E-state index contributed by atoms with van der Waals surface area (Å²) in [4.78, 5) is 0. The molecule has 0 spiro atoms. The first kappa shape index (κ1) is 21.4. The second kappa shape index (κ2) is 16.1. The first-order valence-corrected chi connectivity index (χ1v) is 5.91. The summed E-state index contributed by atoms with van der Waals surface area (Å²) in [5.41, 5.74) is 0.965. The third-order valence-corrected chi connectivity index (χ3v) is 2.14. The van der Waals surface area contributed by atoms with E-state index in [4.69, 9.17) is 5.11 Å². The van der Waals surface area contributed by atoms with Crippen LogP contribution in [-0.4, -0.2) is 5.11 Å². The molecule has 0 aliphatic heterocycles. The Balaban J connectivity index is 0. The molecule has 1 nitrogen and oxygen atoms in total. The molecule has 1 radical (unpaired) electrons. The van der Waals surface area contributed by atoms with Gasteiger partial charge in [0.15, 0.2) is 0 Å². The van der Waals surface area contributed by atoms with Crippen LogP contribution in [0.5, 0.6) is 0 Å². The number of hydrogen-bond acceptors (Lipinski definition) is 1. The number of halogens is 1. The van der Waals surface area contributed by atoms with Crippen molar-refractivity contribution in [2.45, 2.75) is 6.61 Å². The summed E-state index contributed by atoms with van der Waals surface area (Å²) < 4.78 is 0. The summed E-state index contributed by atoms with van der Waals surface area (Å²) in [7, 11) is 0. The van der Waals surface area contributed by atoms with Crippen LogP contribution in [0.1, 0.15) is 5.56 Å². The molecule has 3 heteroatoms. The molecule has 3 aromatic carbocycles. The van der Waals surface area contributed by atoms with E-state index in [1.54, 1.807) is 0 Å². The molecule has 3 aromatic rings. The minimum absolute atomic E-state index is 0. The van der Waals surface area contributed by atoms with Crippen LogP contribution in [0.2, 0.25) is 0 Å². The molecule has 1 N–H and O–H groups in total. The minimum Gasteiger partial charge on any atom is -1.00 e. The molecular weight excluding hydrogens is 347 g/mol.